The molecule has 0 spiro atoms. The van der Waals surface area contributed by atoms with Crippen molar-refractivity contribution in [1.29, 1.82) is 0 Å². The molecular weight excluding hydrogens is 271 g/mol. The first-order chi connectivity index (χ1) is 8.70. The van der Waals surface area contributed by atoms with Gasteiger partial charge in [0.15, 0.2) is 6.29 Å². The van der Waals surface area contributed by atoms with Crippen molar-refractivity contribution in [3.05, 3.63) is 52.5 Å². The van der Waals surface area contributed by atoms with Gasteiger partial charge in [-0.05, 0) is 35.9 Å². The third-order valence-electron chi connectivity index (χ3n) is 2.40. The Morgan fingerprint density at radius 3 is 2.33 bits per heavy atom. The van der Waals surface area contributed by atoms with Gasteiger partial charge in [0.05, 0.1) is 0 Å². The quantitative estimate of drug-likeness (QED) is 0.783. The molecule has 18 heavy (non-hydrogen) atoms. The first-order valence-corrected chi connectivity index (χ1v) is 6.08. The molecule has 2 aromatic carbocycles. The van der Waals surface area contributed by atoms with Gasteiger partial charge in [0.2, 0.25) is 0 Å². The number of benzene rings is 2. The van der Waals surface area contributed by atoms with Crippen LogP contribution in [0.2, 0.25) is 10.0 Å². The maximum absolute atomic E-state index is 10.4. The van der Waals surface area contributed by atoms with Crippen molar-refractivity contribution in [2.75, 3.05) is 6.61 Å². The van der Waals surface area contributed by atoms with Crippen LogP contribution in [0, 0.1) is 0 Å². The number of halogens is 2. The molecule has 0 aliphatic heterocycles. The van der Waals surface area contributed by atoms with Gasteiger partial charge in [-0.25, -0.2) is 0 Å². The smallest absolute Gasteiger partial charge is 0.157 e. The van der Waals surface area contributed by atoms with Crippen LogP contribution in [-0.4, -0.2) is 12.9 Å². The number of hydrogen-bond acceptors (Lipinski definition) is 2. The van der Waals surface area contributed by atoms with E-state index in [4.69, 9.17) is 27.9 Å². The second-order valence-corrected chi connectivity index (χ2v) is 4.50. The summed E-state index contributed by atoms with van der Waals surface area (Å²) in [6, 6.07) is 12.6. The van der Waals surface area contributed by atoms with Gasteiger partial charge < -0.3 is 4.74 Å². The van der Waals surface area contributed by atoms with Gasteiger partial charge in [0, 0.05) is 15.6 Å². The fourth-order valence-electron chi connectivity index (χ4n) is 1.61. The van der Waals surface area contributed by atoms with Crippen molar-refractivity contribution in [2.45, 2.75) is 0 Å². The first kappa shape index (κ1) is 12.9. The van der Waals surface area contributed by atoms with Gasteiger partial charge in [0.25, 0.3) is 0 Å². The predicted octanol–water partition coefficient (Wildman–Crippen LogP) is 4.24. The van der Waals surface area contributed by atoms with Crippen molar-refractivity contribution in [2.24, 2.45) is 0 Å². The summed E-state index contributed by atoms with van der Waals surface area (Å²) in [6.07, 6.45) is 0.709. The number of rotatable bonds is 4. The van der Waals surface area contributed by atoms with E-state index < -0.39 is 0 Å². The molecule has 92 valence electrons. The van der Waals surface area contributed by atoms with Crippen LogP contribution in [0.15, 0.2) is 42.5 Å². The van der Waals surface area contributed by atoms with Gasteiger partial charge in [-0.1, -0.05) is 35.3 Å². The van der Waals surface area contributed by atoms with Crippen molar-refractivity contribution in [3.63, 3.8) is 0 Å². The fraction of sp³-hybridized carbons (Fsp3) is 0.0714. The van der Waals surface area contributed by atoms with Crippen molar-refractivity contribution in [3.8, 4) is 16.9 Å². The molecule has 0 atom stereocenters. The lowest BCUT2D eigenvalue weighted by atomic mass is 10.0. The molecule has 0 unspecified atom stereocenters. The van der Waals surface area contributed by atoms with Gasteiger partial charge in [0.1, 0.15) is 12.4 Å². The SMILES string of the molecule is O=CCOc1ccc(Cl)cc1-c1ccc(Cl)cc1. The molecule has 2 nitrogen and oxygen atoms in total. The largest absolute Gasteiger partial charge is 0.485 e. The maximum Gasteiger partial charge on any atom is 0.157 e. The fourth-order valence-corrected chi connectivity index (χ4v) is 1.90. The zero-order valence-corrected chi connectivity index (χ0v) is 10.9. The summed E-state index contributed by atoms with van der Waals surface area (Å²) in [7, 11) is 0. The maximum atomic E-state index is 10.4. The molecule has 0 N–H and O–H groups in total. The molecule has 0 saturated heterocycles. The Hall–Kier alpha value is -1.51. The third kappa shape index (κ3) is 3.03. The van der Waals surface area contributed by atoms with E-state index in [1.165, 1.54) is 0 Å². The van der Waals surface area contributed by atoms with Crippen LogP contribution >= 0.6 is 23.2 Å². The summed E-state index contributed by atoms with van der Waals surface area (Å²) in [6.45, 7) is 0.0161. The second-order valence-electron chi connectivity index (χ2n) is 3.63. The summed E-state index contributed by atoms with van der Waals surface area (Å²) in [5.74, 6) is 0.619. The molecule has 2 aromatic rings. The minimum absolute atomic E-state index is 0.0161. The lowest BCUT2D eigenvalue weighted by molar-refractivity contribution is -0.109. The van der Waals surface area contributed by atoms with E-state index in [-0.39, 0.29) is 6.61 Å². The van der Waals surface area contributed by atoms with E-state index in [1.807, 2.05) is 12.1 Å². The molecule has 0 saturated carbocycles. The molecule has 0 heterocycles. The summed E-state index contributed by atoms with van der Waals surface area (Å²) < 4.78 is 5.37. The second kappa shape index (κ2) is 5.89. The summed E-state index contributed by atoms with van der Waals surface area (Å²) in [4.78, 5) is 10.4. The van der Waals surface area contributed by atoms with Crippen molar-refractivity contribution >= 4 is 29.5 Å². The van der Waals surface area contributed by atoms with E-state index in [2.05, 4.69) is 0 Å². The summed E-state index contributed by atoms with van der Waals surface area (Å²) >= 11 is 11.8. The topological polar surface area (TPSA) is 26.3 Å². The molecular formula is C14H10Cl2O2. The summed E-state index contributed by atoms with van der Waals surface area (Å²) in [5, 5.41) is 1.27. The lowest BCUT2D eigenvalue weighted by Gasteiger charge is -2.10. The average Bonchev–Trinajstić information content (AvgIpc) is 2.38. The van der Waals surface area contributed by atoms with Gasteiger partial charge in [-0.3, -0.25) is 4.79 Å². The Labute approximate surface area is 115 Å². The molecule has 0 aliphatic rings. The molecule has 4 heteroatoms. The third-order valence-corrected chi connectivity index (χ3v) is 2.89. The number of carbonyl (C=O) groups excluding carboxylic acids is 1. The molecule has 0 radical (unpaired) electrons. The van der Waals surface area contributed by atoms with E-state index >= 15 is 0 Å². The molecule has 0 amide bonds. The van der Waals surface area contributed by atoms with Crippen molar-refractivity contribution < 1.29 is 9.53 Å². The van der Waals surface area contributed by atoms with Crippen LogP contribution in [0.4, 0.5) is 0 Å². The Balaban J connectivity index is 2.43. The van der Waals surface area contributed by atoms with Crippen LogP contribution in [-0.2, 0) is 4.79 Å². The van der Waals surface area contributed by atoms with E-state index in [0.717, 1.165) is 11.1 Å². The van der Waals surface area contributed by atoms with Crippen LogP contribution < -0.4 is 4.74 Å². The highest BCUT2D eigenvalue weighted by Crippen LogP contribution is 2.33. The first-order valence-electron chi connectivity index (χ1n) is 5.32. The highest BCUT2D eigenvalue weighted by Gasteiger charge is 2.07. The van der Waals surface area contributed by atoms with Gasteiger partial charge >= 0.3 is 0 Å². The van der Waals surface area contributed by atoms with Crippen molar-refractivity contribution in [1.82, 2.24) is 0 Å². The molecule has 0 aliphatic carbocycles. The molecule has 0 aromatic heterocycles. The van der Waals surface area contributed by atoms with Crippen LogP contribution in [0.25, 0.3) is 11.1 Å². The molecule has 2 rings (SSSR count). The van der Waals surface area contributed by atoms with Crippen LogP contribution in [0.1, 0.15) is 0 Å². The average molecular weight is 281 g/mol. The normalized spacial score (nSPS) is 10.1. The standard InChI is InChI=1S/C14H10Cl2O2/c15-11-3-1-10(2-4-11)13-9-12(16)5-6-14(13)18-8-7-17/h1-7,9H,8H2. The minimum Gasteiger partial charge on any atom is -0.485 e. The predicted molar refractivity (Wildman–Crippen MR) is 73.5 cm³/mol. The van der Waals surface area contributed by atoms with Gasteiger partial charge in [-0.15, -0.1) is 0 Å². The van der Waals surface area contributed by atoms with Gasteiger partial charge in [-0.2, -0.15) is 0 Å². The Morgan fingerprint density at radius 2 is 1.67 bits per heavy atom. The number of hydrogen-bond donors (Lipinski definition) is 0. The number of aldehydes is 1. The zero-order chi connectivity index (χ0) is 13.0. The molecule has 0 bridgehead atoms. The van der Waals surface area contributed by atoms with E-state index in [0.29, 0.717) is 22.1 Å². The number of ether oxygens (including phenoxy) is 1. The highest BCUT2D eigenvalue weighted by atomic mass is 35.5. The number of carbonyl (C=O) groups is 1. The highest BCUT2D eigenvalue weighted by molar-refractivity contribution is 6.31. The zero-order valence-electron chi connectivity index (χ0n) is 9.40. The Morgan fingerprint density at radius 1 is 1.00 bits per heavy atom. The Kier molecular flexibility index (Phi) is 4.24. The Bertz CT molecular complexity index is 550. The van der Waals surface area contributed by atoms with Crippen LogP contribution in [0.5, 0.6) is 5.75 Å². The molecule has 0 fully saturated rings. The minimum atomic E-state index is 0.0161. The monoisotopic (exact) mass is 280 g/mol. The van der Waals surface area contributed by atoms with E-state index in [1.54, 1.807) is 30.3 Å². The lowest BCUT2D eigenvalue weighted by Crippen LogP contribution is -1.99. The summed E-state index contributed by atoms with van der Waals surface area (Å²) in [5.41, 5.74) is 1.77. The van der Waals surface area contributed by atoms with E-state index in [9.17, 15) is 4.79 Å². The van der Waals surface area contributed by atoms with Crippen LogP contribution in [0.3, 0.4) is 0 Å².